The van der Waals surface area contributed by atoms with Gasteiger partial charge in [-0.3, -0.25) is 0 Å². The van der Waals surface area contributed by atoms with Gasteiger partial charge in [0.15, 0.2) is 0 Å². The van der Waals surface area contributed by atoms with Gasteiger partial charge in [-0.25, -0.2) is 0 Å². The maximum absolute atomic E-state index is 9.76. The molecule has 0 bridgehead atoms. The summed E-state index contributed by atoms with van der Waals surface area (Å²) in [5, 5.41) is 9.99. The van der Waals surface area contributed by atoms with E-state index in [1.165, 1.54) is 51.8 Å². The molecule has 0 radical (unpaired) electrons. The van der Waals surface area contributed by atoms with Gasteiger partial charge in [-0.05, 0) is 0 Å². The van der Waals surface area contributed by atoms with Gasteiger partial charge in [0, 0.05) is 0 Å². The Kier molecular flexibility index (Phi) is 13.2. The summed E-state index contributed by atoms with van der Waals surface area (Å²) < 4.78 is 18.7. The fourth-order valence-corrected chi connectivity index (χ4v) is 26.0. The summed E-state index contributed by atoms with van der Waals surface area (Å²) in [6, 6.07) is 0. The molecule has 1 saturated heterocycles. The standard InChI is InChI=1S/C14H29O3Si.3C4H9.Sn/c1-13(2,3)18(4,5)17-12-14(7-6-9-15)8-10-16-11-14;3*1-3-4-2;/h11,15H,6-10,12H2,1-5H3;3*1,3-4H2,2H3;/t14-;;;;/m1..../s1. The van der Waals surface area contributed by atoms with Crippen LogP contribution in [0.5, 0.6) is 0 Å². The van der Waals surface area contributed by atoms with Crippen molar-refractivity contribution in [1.82, 2.24) is 0 Å². The molecule has 186 valence electrons. The molecule has 0 amide bonds. The van der Waals surface area contributed by atoms with Crippen molar-refractivity contribution in [3.8, 4) is 0 Å². The molecule has 2 atom stereocenters. The number of rotatable bonds is 16. The van der Waals surface area contributed by atoms with E-state index in [-0.39, 0.29) is 17.1 Å². The summed E-state index contributed by atoms with van der Waals surface area (Å²) in [6.45, 7) is 20.9. The number of unbranched alkanes of at least 4 members (excludes halogenated alkanes) is 3. The van der Waals surface area contributed by atoms with Gasteiger partial charge in [-0.15, -0.1) is 0 Å². The molecule has 0 saturated carbocycles. The third-order valence-corrected chi connectivity index (χ3v) is 29.9. The van der Waals surface area contributed by atoms with Gasteiger partial charge in [-0.1, -0.05) is 0 Å². The first-order valence-electron chi connectivity index (χ1n) is 13.4. The van der Waals surface area contributed by atoms with Gasteiger partial charge >= 0.3 is 201 Å². The quantitative estimate of drug-likeness (QED) is 0.194. The molecule has 1 aliphatic rings. The van der Waals surface area contributed by atoms with E-state index in [1.807, 2.05) is 0 Å². The molecule has 3 nitrogen and oxygen atoms in total. The van der Waals surface area contributed by atoms with Crippen molar-refractivity contribution in [2.45, 2.75) is 135 Å². The molecule has 1 heterocycles. The van der Waals surface area contributed by atoms with E-state index in [0.717, 1.165) is 32.5 Å². The number of aliphatic hydroxyl groups excluding tert-OH is 1. The van der Waals surface area contributed by atoms with Crippen molar-refractivity contribution in [2.75, 3.05) is 19.8 Å². The summed E-state index contributed by atoms with van der Waals surface area (Å²) in [4.78, 5) is 0. The van der Waals surface area contributed by atoms with Crippen LogP contribution in [0.15, 0.2) is 0 Å². The van der Waals surface area contributed by atoms with Gasteiger partial charge < -0.3 is 0 Å². The first kappa shape index (κ1) is 29.9. The third kappa shape index (κ3) is 8.26. The minimum absolute atomic E-state index is 0.142. The second kappa shape index (κ2) is 13.7. The van der Waals surface area contributed by atoms with Crippen molar-refractivity contribution < 1.29 is 14.3 Å². The van der Waals surface area contributed by atoms with E-state index in [4.69, 9.17) is 9.16 Å². The van der Waals surface area contributed by atoms with Crippen LogP contribution in [0.25, 0.3) is 0 Å². The molecule has 0 aliphatic carbocycles. The normalized spacial score (nSPS) is 22.9. The fourth-order valence-electron chi connectivity index (χ4n) is 5.32. The molecule has 1 rings (SSSR count). The van der Waals surface area contributed by atoms with Crippen molar-refractivity contribution in [3.63, 3.8) is 0 Å². The van der Waals surface area contributed by atoms with E-state index in [0.29, 0.717) is 4.12 Å². The van der Waals surface area contributed by atoms with Gasteiger partial charge in [-0.2, -0.15) is 0 Å². The summed E-state index contributed by atoms with van der Waals surface area (Å²) in [5.74, 6) is 0. The van der Waals surface area contributed by atoms with Crippen LogP contribution in [-0.4, -0.2) is 55.7 Å². The topological polar surface area (TPSA) is 38.7 Å². The molecule has 0 unspecified atom stereocenters. The number of aliphatic hydroxyl groups is 1. The molecule has 1 N–H and O–H groups in total. The van der Waals surface area contributed by atoms with Crippen LogP contribution in [0.1, 0.15) is 99.3 Å². The summed E-state index contributed by atoms with van der Waals surface area (Å²) >= 11 is -2.58. The molecule has 0 aromatic rings. The molecule has 1 fully saturated rings. The van der Waals surface area contributed by atoms with Crippen LogP contribution in [0.4, 0.5) is 0 Å². The predicted molar refractivity (Wildman–Crippen MR) is 141 cm³/mol. The van der Waals surface area contributed by atoms with Crippen molar-refractivity contribution >= 4 is 26.7 Å². The Morgan fingerprint density at radius 1 is 0.968 bits per heavy atom. The first-order chi connectivity index (χ1) is 14.5. The molecular formula is C26H56O3SiSn. The average Bonchev–Trinajstić information content (AvgIpc) is 3.14. The maximum atomic E-state index is 9.76. The monoisotopic (exact) mass is 564 g/mol. The Hall–Kier alpha value is 0.896. The first-order valence-corrected chi connectivity index (χ1v) is 24.0. The molecule has 31 heavy (non-hydrogen) atoms. The molecule has 0 aromatic heterocycles. The fraction of sp³-hybridized carbons (Fsp3) is 1.00. The summed E-state index contributed by atoms with van der Waals surface area (Å²) in [7, 11) is -1.82. The number of hydrogen-bond acceptors (Lipinski definition) is 3. The molecule has 0 spiro atoms. The van der Waals surface area contributed by atoms with E-state index in [9.17, 15) is 5.11 Å². The Bertz CT molecular complexity index is 470. The molecular weight excluding hydrogens is 507 g/mol. The van der Waals surface area contributed by atoms with Crippen molar-refractivity contribution in [2.24, 2.45) is 5.41 Å². The summed E-state index contributed by atoms with van der Waals surface area (Å²) in [6.07, 6.45) is 11.1. The molecule has 5 heteroatoms. The number of hydrogen-bond donors (Lipinski definition) is 1. The third-order valence-electron chi connectivity index (χ3n) is 8.44. The second-order valence-electron chi connectivity index (χ2n) is 11.9. The van der Waals surface area contributed by atoms with Crippen molar-refractivity contribution in [3.05, 3.63) is 0 Å². The van der Waals surface area contributed by atoms with Crippen LogP contribution in [0, 0.1) is 5.41 Å². The van der Waals surface area contributed by atoms with E-state index >= 15 is 0 Å². The van der Waals surface area contributed by atoms with Crippen LogP contribution in [0.2, 0.25) is 31.4 Å². The zero-order valence-electron chi connectivity index (χ0n) is 22.4. The minimum atomic E-state index is -2.58. The Balaban J connectivity index is 3.32. The van der Waals surface area contributed by atoms with Crippen LogP contribution in [-0.2, 0) is 9.16 Å². The van der Waals surface area contributed by atoms with Gasteiger partial charge in [0.1, 0.15) is 0 Å². The predicted octanol–water partition coefficient (Wildman–Crippen LogP) is 7.94. The zero-order chi connectivity index (χ0) is 23.6. The zero-order valence-corrected chi connectivity index (χ0v) is 26.3. The van der Waals surface area contributed by atoms with Gasteiger partial charge in [0.05, 0.1) is 0 Å². The Morgan fingerprint density at radius 2 is 1.48 bits per heavy atom. The van der Waals surface area contributed by atoms with Crippen molar-refractivity contribution in [1.29, 1.82) is 0 Å². The van der Waals surface area contributed by atoms with E-state index in [2.05, 4.69) is 54.6 Å². The Morgan fingerprint density at radius 3 is 1.90 bits per heavy atom. The van der Waals surface area contributed by atoms with E-state index < -0.39 is 26.7 Å². The molecule has 1 aliphatic heterocycles. The summed E-state index contributed by atoms with van der Waals surface area (Å²) in [5.41, 5.74) is 0.142. The van der Waals surface area contributed by atoms with Crippen LogP contribution in [0.3, 0.4) is 0 Å². The van der Waals surface area contributed by atoms with Crippen LogP contribution < -0.4 is 0 Å². The Labute approximate surface area is 200 Å². The second-order valence-corrected chi connectivity index (χ2v) is 30.3. The van der Waals surface area contributed by atoms with Gasteiger partial charge in [0.25, 0.3) is 0 Å². The molecule has 0 aromatic carbocycles. The SMILES string of the molecule is CCC[CH2][Sn]([CH2]CCC)([CH2]CCC)[C@H]1OCC[C@@]1(CCCO)CO[Si](C)(C)C(C)(C)C. The van der Waals surface area contributed by atoms with E-state index in [1.54, 1.807) is 0 Å². The van der Waals surface area contributed by atoms with Gasteiger partial charge in [0.2, 0.25) is 0 Å². The average molecular weight is 564 g/mol. The number of ether oxygens (including phenoxy) is 1. The van der Waals surface area contributed by atoms with Crippen LogP contribution >= 0.6 is 0 Å².